The summed E-state index contributed by atoms with van der Waals surface area (Å²) >= 11 is 1.60. The fourth-order valence-corrected chi connectivity index (χ4v) is 2.57. The summed E-state index contributed by atoms with van der Waals surface area (Å²) in [6.45, 7) is 2.00. The maximum absolute atomic E-state index is 13.6. The summed E-state index contributed by atoms with van der Waals surface area (Å²) in [5, 5.41) is 2.03. The zero-order valence-electron chi connectivity index (χ0n) is 9.14. The van der Waals surface area contributed by atoms with Crippen LogP contribution in [0.5, 0.6) is 0 Å². The average molecular weight is 244 g/mol. The Labute approximate surface area is 102 Å². The lowest BCUT2D eigenvalue weighted by atomic mass is 10.2. The van der Waals surface area contributed by atoms with Crippen LogP contribution >= 0.6 is 11.3 Å². The minimum absolute atomic E-state index is 0.292. The first-order valence-electron chi connectivity index (χ1n) is 5.21. The van der Waals surface area contributed by atoms with Crippen molar-refractivity contribution < 1.29 is 4.39 Å². The highest BCUT2D eigenvalue weighted by Gasteiger charge is 2.09. The lowest BCUT2D eigenvalue weighted by Gasteiger charge is -2.01. The lowest BCUT2D eigenvalue weighted by Crippen LogP contribution is -1.91. The number of hydrogen-bond acceptors (Lipinski definition) is 3. The molecule has 0 aliphatic carbocycles. The molecule has 0 bridgehead atoms. The third kappa shape index (κ3) is 1.70. The molecule has 0 aliphatic rings. The molecule has 0 radical (unpaired) electrons. The fraction of sp³-hybridized carbons (Fsp3) is 0.0769. The summed E-state index contributed by atoms with van der Waals surface area (Å²) in [5.74, 6) is 0.150. The van der Waals surface area contributed by atoms with Crippen molar-refractivity contribution in [2.45, 2.75) is 6.92 Å². The molecule has 0 unspecified atom stereocenters. The van der Waals surface area contributed by atoms with E-state index in [0.29, 0.717) is 11.4 Å². The first-order valence-corrected chi connectivity index (χ1v) is 6.09. The minimum Gasteiger partial charge on any atom is -0.235 e. The summed E-state index contributed by atoms with van der Waals surface area (Å²) in [6.07, 6.45) is 1.75. The number of rotatable bonds is 1. The van der Waals surface area contributed by atoms with Crippen molar-refractivity contribution in [3.8, 4) is 11.4 Å². The van der Waals surface area contributed by atoms with Crippen LogP contribution in [0.3, 0.4) is 0 Å². The highest BCUT2D eigenvalue weighted by molar-refractivity contribution is 7.17. The smallest absolute Gasteiger partial charge is 0.162 e. The van der Waals surface area contributed by atoms with Crippen LogP contribution in [-0.4, -0.2) is 9.97 Å². The van der Waals surface area contributed by atoms with Crippen LogP contribution in [0, 0.1) is 12.7 Å². The topological polar surface area (TPSA) is 25.8 Å². The number of aryl methyl sites for hydroxylation is 1. The molecule has 0 amide bonds. The second kappa shape index (κ2) is 3.89. The van der Waals surface area contributed by atoms with Crippen molar-refractivity contribution in [2.75, 3.05) is 0 Å². The van der Waals surface area contributed by atoms with Crippen molar-refractivity contribution in [3.05, 3.63) is 47.2 Å². The molecule has 0 N–H and O–H groups in total. The van der Waals surface area contributed by atoms with Crippen molar-refractivity contribution in [1.29, 1.82) is 0 Å². The van der Waals surface area contributed by atoms with Crippen molar-refractivity contribution in [1.82, 2.24) is 9.97 Å². The van der Waals surface area contributed by atoms with Crippen molar-refractivity contribution >= 4 is 21.6 Å². The fourth-order valence-electron chi connectivity index (χ4n) is 1.72. The molecule has 0 saturated heterocycles. The van der Waals surface area contributed by atoms with Crippen LogP contribution in [0.25, 0.3) is 21.6 Å². The summed E-state index contributed by atoms with van der Waals surface area (Å²) in [6, 6.07) is 6.56. The molecule has 4 heteroatoms. The molecule has 2 heterocycles. The largest absolute Gasteiger partial charge is 0.235 e. The van der Waals surface area contributed by atoms with E-state index in [0.717, 1.165) is 15.8 Å². The van der Waals surface area contributed by atoms with Gasteiger partial charge in [0, 0.05) is 6.20 Å². The van der Waals surface area contributed by atoms with Crippen molar-refractivity contribution in [3.63, 3.8) is 0 Å². The molecule has 84 valence electrons. The number of nitrogens with zero attached hydrogens (tertiary/aromatic N) is 2. The monoisotopic (exact) mass is 244 g/mol. The molecule has 0 atom stereocenters. The van der Waals surface area contributed by atoms with E-state index in [1.807, 2.05) is 12.3 Å². The predicted molar refractivity (Wildman–Crippen MR) is 67.5 cm³/mol. The van der Waals surface area contributed by atoms with Crippen LogP contribution in [-0.2, 0) is 0 Å². The number of hydrogen-bond donors (Lipinski definition) is 0. The summed E-state index contributed by atoms with van der Waals surface area (Å²) < 4.78 is 14.7. The Kier molecular flexibility index (Phi) is 2.37. The first-order chi connectivity index (χ1) is 8.25. The molecule has 1 aromatic carbocycles. The van der Waals surface area contributed by atoms with Gasteiger partial charge in [0.25, 0.3) is 0 Å². The van der Waals surface area contributed by atoms with Gasteiger partial charge in [-0.05, 0) is 30.0 Å². The zero-order valence-corrected chi connectivity index (χ0v) is 9.96. The highest BCUT2D eigenvalue weighted by atomic mass is 32.1. The molecular formula is C13H9FN2S. The van der Waals surface area contributed by atoms with Gasteiger partial charge in [0.1, 0.15) is 5.82 Å². The molecule has 3 rings (SSSR count). The molecule has 2 nitrogen and oxygen atoms in total. The predicted octanol–water partition coefficient (Wildman–Crippen LogP) is 3.81. The van der Waals surface area contributed by atoms with Gasteiger partial charge in [-0.3, -0.25) is 0 Å². The van der Waals surface area contributed by atoms with Gasteiger partial charge >= 0.3 is 0 Å². The summed E-state index contributed by atoms with van der Waals surface area (Å²) in [4.78, 5) is 8.64. The molecule has 0 saturated carbocycles. The average Bonchev–Trinajstić information content (AvgIpc) is 2.71. The molecule has 17 heavy (non-hydrogen) atoms. The Hall–Kier alpha value is -1.81. The molecule has 3 aromatic rings. The Balaban J connectivity index is 2.24. The maximum Gasteiger partial charge on any atom is 0.162 e. The van der Waals surface area contributed by atoms with E-state index < -0.39 is 0 Å². The third-order valence-corrected chi connectivity index (χ3v) is 3.63. The highest BCUT2D eigenvalue weighted by Crippen LogP contribution is 2.26. The van der Waals surface area contributed by atoms with Gasteiger partial charge in [0.15, 0.2) is 5.82 Å². The van der Waals surface area contributed by atoms with Crippen LogP contribution in [0.2, 0.25) is 0 Å². The first kappa shape index (κ1) is 10.4. The second-order valence-corrected chi connectivity index (χ2v) is 4.72. The van der Waals surface area contributed by atoms with Gasteiger partial charge < -0.3 is 0 Å². The van der Waals surface area contributed by atoms with Crippen LogP contribution in [0.15, 0.2) is 35.8 Å². The number of benzene rings is 1. The van der Waals surface area contributed by atoms with E-state index >= 15 is 0 Å². The number of thiophene rings is 1. The van der Waals surface area contributed by atoms with Crippen molar-refractivity contribution in [2.24, 2.45) is 0 Å². The lowest BCUT2D eigenvalue weighted by molar-refractivity contribution is 0.630. The van der Waals surface area contributed by atoms with Gasteiger partial charge in [-0.25, -0.2) is 14.4 Å². The molecule has 0 aliphatic heterocycles. The SMILES string of the molecule is Cc1csc2cnc(-c3ccccc3F)nc12. The van der Waals surface area contributed by atoms with Crippen LogP contribution < -0.4 is 0 Å². The van der Waals surface area contributed by atoms with E-state index in [9.17, 15) is 4.39 Å². The molecule has 0 fully saturated rings. The van der Waals surface area contributed by atoms with Gasteiger partial charge in [-0.2, -0.15) is 0 Å². The number of halogens is 1. The van der Waals surface area contributed by atoms with E-state index in [-0.39, 0.29) is 5.82 Å². The normalized spacial score (nSPS) is 10.9. The maximum atomic E-state index is 13.6. The standard InChI is InChI=1S/C13H9FN2S/c1-8-7-17-11-6-15-13(16-12(8)11)9-4-2-3-5-10(9)14/h2-7H,1H3. The minimum atomic E-state index is -0.292. The van der Waals surface area contributed by atoms with E-state index in [4.69, 9.17) is 0 Å². The Morgan fingerprint density at radius 1 is 1.24 bits per heavy atom. The Morgan fingerprint density at radius 2 is 2.06 bits per heavy atom. The number of fused-ring (bicyclic) bond motifs is 1. The molecule has 0 spiro atoms. The van der Waals surface area contributed by atoms with Gasteiger partial charge in [0.2, 0.25) is 0 Å². The summed E-state index contributed by atoms with van der Waals surface area (Å²) in [7, 11) is 0. The number of aromatic nitrogens is 2. The zero-order chi connectivity index (χ0) is 11.8. The van der Waals surface area contributed by atoms with E-state index in [2.05, 4.69) is 9.97 Å². The molecular weight excluding hydrogens is 235 g/mol. The van der Waals surface area contributed by atoms with E-state index in [1.54, 1.807) is 35.7 Å². The van der Waals surface area contributed by atoms with Crippen LogP contribution in [0.1, 0.15) is 5.56 Å². The summed E-state index contributed by atoms with van der Waals surface area (Å²) in [5.41, 5.74) is 2.45. The Bertz CT molecular complexity index is 691. The van der Waals surface area contributed by atoms with Gasteiger partial charge in [-0.15, -0.1) is 11.3 Å². The van der Waals surface area contributed by atoms with Crippen LogP contribution in [0.4, 0.5) is 4.39 Å². The van der Waals surface area contributed by atoms with Gasteiger partial charge in [-0.1, -0.05) is 12.1 Å². The third-order valence-electron chi connectivity index (χ3n) is 2.61. The Morgan fingerprint density at radius 3 is 2.88 bits per heavy atom. The van der Waals surface area contributed by atoms with Gasteiger partial charge in [0.05, 0.1) is 15.8 Å². The molecule has 2 aromatic heterocycles. The quantitative estimate of drug-likeness (QED) is 0.650. The second-order valence-electron chi connectivity index (χ2n) is 3.81. The van der Waals surface area contributed by atoms with E-state index in [1.165, 1.54) is 6.07 Å².